The van der Waals surface area contributed by atoms with Crippen molar-refractivity contribution in [1.29, 1.82) is 0 Å². The summed E-state index contributed by atoms with van der Waals surface area (Å²) in [7, 11) is 0. The Balaban J connectivity index is 2.05. The van der Waals surface area contributed by atoms with E-state index in [1.165, 1.54) is 23.2 Å². The Morgan fingerprint density at radius 1 is 1.38 bits per heavy atom. The molecule has 1 aromatic heterocycles. The molecule has 3 rings (SSSR count). The first kappa shape index (κ1) is 9.76. The Kier molecular flexibility index (Phi) is 2.16. The van der Waals surface area contributed by atoms with Gasteiger partial charge in [-0.05, 0) is 42.9 Å². The summed E-state index contributed by atoms with van der Waals surface area (Å²) in [5, 5.41) is 0. The molecule has 2 heteroatoms. The van der Waals surface area contributed by atoms with Crippen LogP contribution in [0.1, 0.15) is 30.2 Å². The van der Waals surface area contributed by atoms with E-state index in [2.05, 4.69) is 42.2 Å². The number of hydrogen-bond donors (Lipinski definition) is 0. The van der Waals surface area contributed by atoms with Gasteiger partial charge in [-0.25, -0.2) is 0 Å². The molecule has 0 N–H and O–H groups in total. The number of hydrogen-bond acceptors (Lipinski definition) is 2. The van der Waals surface area contributed by atoms with Gasteiger partial charge in [-0.15, -0.1) is 0 Å². The summed E-state index contributed by atoms with van der Waals surface area (Å²) in [5.74, 6) is 1.22. The highest BCUT2D eigenvalue weighted by Gasteiger charge is 2.25. The fraction of sp³-hybridized carbons (Fsp3) is 0.429. The lowest BCUT2D eigenvalue weighted by molar-refractivity contribution is 0.483. The van der Waals surface area contributed by atoms with Crippen molar-refractivity contribution < 1.29 is 0 Å². The maximum absolute atomic E-state index is 4.55. The quantitative estimate of drug-likeness (QED) is 0.649. The third kappa shape index (κ3) is 1.58. The van der Waals surface area contributed by atoms with Crippen LogP contribution in [0.5, 0.6) is 0 Å². The summed E-state index contributed by atoms with van der Waals surface area (Å²) in [6, 6.07) is 2.26. The van der Waals surface area contributed by atoms with Gasteiger partial charge in [-0.3, -0.25) is 9.98 Å². The number of nitrogens with zero attached hydrogens (tertiary/aromatic N) is 2. The van der Waals surface area contributed by atoms with Gasteiger partial charge < -0.3 is 0 Å². The molecule has 2 unspecified atom stereocenters. The van der Waals surface area contributed by atoms with Crippen molar-refractivity contribution in [3.05, 3.63) is 34.8 Å². The van der Waals surface area contributed by atoms with Crippen LogP contribution in [0.4, 0.5) is 0 Å². The van der Waals surface area contributed by atoms with Crippen LogP contribution in [-0.2, 0) is 6.42 Å². The van der Waals surface area contributed by atoms with Gasteiger partial charge in [0.1, 0.15) is 0 Å². The van der Waals surface area contributed by atoms with E-state index in [1.807, 2.05) is 6.20 Å². The van der Waals surface area contributed by atoms with Crippen molar-refractivity contribution in [2.24, 2.45) is 16.8 Å². The second-order valence-corrected chi connectivity index (χ2v) is 5.02. The first-order valence-corrected chi connectivity index (χ1v) is 5.93. The van der Waals surface area contributed by atoms with Crippen LogP contribution in [0.3, 0.4) is 0 Å². The van der Waals surface area contributed by atoms with Gasteiger partial charge in [0.25, 0.3) is 0 Å². The maximum Gasteiger partial charge on any atom is 0.0680 e. The fourth-order valence-corrected chi connectivity index (χ4v) is 2.63. The molecule has 0 spiro atoms. The molecule has 82 valence electrons. The first-order valence-electron chi connectivity index (χ1n) is 5.93. The van der Waals surface area contributed by atoms with Crippen molar-refractivity contribution in [1.82, 2.24) is 4.98 Å². The average Bonchev–Trinajstić information content (AvgIpc) is 2.26. The average molecular weight is 212 g/mol. The number of fused-ring (bicyclic) bond motifs is 2. The highest BCUT2D eigenvalue weighted by atomic mass is 14.8. The standard InChI is InChI=1S/C14H16N2/c1-9-3-11-5-12-4-10(2)8-16-14(12)6-13(11)15-7-9/h3,6-8,10,12H,4-5H2,1-2H3. The SMILES string of the molecule is Cc1cnc2c(c1)CC1CC(C)C=NC1=C2. The first-order chi connectivity index (χ1) is 7.72. The Morgan fingerprint density at radius 2 is 2.25 bits per heavy atom. The molecule has 0 aromatic carbocycles. The van der Waals surface area contributed by atoms with Crippen molar-refractivity contribution in [3.8, 4) is 0 Å². The molecular formula is C14H16N2. The smallest absolute Gasteiger partial charge is 0.0680 e. The Morgan fingerprint density at radius 3 is 3.12 bits per heavy atom. The second-order valence-electron chi connectivity index (χ2n) is 5.02. The Bertz CT molecular complexity index is 486. The number of aliphatic imine (C=N–C) groups is 1. The van der Waals surface area contributed by atoms with E-state index in [9.17, 15) is 0 Å². The lowest BCUT2D eigenvalue weighted by Crippen LogP contribution is -2.20. The summed E-state index contributed by atoms with van der Waals surface area (Å²) in [4.78, 5) is 9.03. The largest absolute Gasteiger partial charge is 0.265 e. The summed E-state index contributed by atoms with van der Waals surface area (Å²) in [6.07, 6.45) is 8.50. The minimum atomic E-state index is 0.607. The van der Waals surface area contributed by atoms with Crippen LogP contribution in [0.15, 0.2) is 23.0 Å². The van der Waals surface area contributed by atoms with E-state index in [-0.39, 0.29) is 0 Å². The summed E-state index contributed by atoms with van der Waals surface area (Å²) in [6.45, 7) is 4.35. The molecule has 1 aromatic rings. The maximum atomic E-state index is 4.55. The van der Waals surface area contributed by atoms with Gasteiger partial charge in [0.15, 0.2) is 0 Å². The van der Waals surface area contributed by atoms with Gasteiger partial charge in [-0.1, -0.05) is 13.0 Å². The summed E-state index contributed by atoms with van der Waals surface area (Å²) < 4.78 is 0. The summed E-state index contributed by atoms with van der Waals surface area (Å²) >= 11 is 0. The molecule has 0 saturated heterocycles. The number of aromatic nitrogens is 1. The lowest BCUT2D eigenvalue weighted by atomic mass is 9.82. The molecule has 16 heavy (non-hydrogen) atoms. The molecule has 2 nitrogen and oxygen atoms in total. The van der Waals surface area contributed by atoms with Crippen LogP contribution in [0, 0.1) is 18.8 Å². The predicted molar refractivity (Wildman–Crippen MR) is 66.4 cm³/mol. The van der Waals surface area contributed by atoms with E-state index < -0.39 is 0 Å². The molecule has 0 amide bonds. The minimum absolute atomic E-state index is 0.607. The zero-order valence-corrected chi connectivity index (χ0v) is 9.77. The molecule has 1 aliphatic heterocycles. The molecule has 2 aliphatic rings. The molecule has 1 aliphatic carbocycles. The van der Waals surface area contributed by atoms with Crippen molar-refractivity contribution in [3.63, 3.8) is 0 Å². The van der Waals surface area contributed by atoms with E-state index >= 15 is 0 Å². The van der Waals surface area contributed by atoms with Crippen LogP contribution >= 0.6 is 0 Å². The number of aryl methyl sites for hydroxylation is 1. The van der Waals surface area contributed by atoms with Gasteiger partial charge in [-0.2, -0.15) is 0 Å². The third-order valence-electron chi connectivity index (χ3n) is 3.44. The number of rotatable bonds is 0. The monoisotopic (exact) mass is 212 g/mol. The second kappa shape index (κ2) is 3.55. The highest BCUT2D eigenvalue weighted by molar-refractivity contribution is 5.68. The Hall–Kier alpha value is -1.44. The molecule has 0 saturated carbocycles. The Labute approximate surface area is 96.1 Å². The van der Waals surface area contributed by atoms with Crippen molar-refractivity contribution in [2.45, 2.75) is 26.7 Å². The lowest BCUT2D eigenvalue weighted by Gasteiger charge is -2.28. The zero-order chi connectivity index (χ0) is 11.1. The number of allylic oxidation sites excluding steroid dienone is 1. The van der Waals surface area contributed by atoms with Gasteiger partial charge in [0.05, 0.1) is 5.69 Å². The van der Waals surface area contributed by atoms with Crippen LogP contribution < -0.4 is 0 Å². The third-order valence-corrected chi connectivity index (χ3v) is 3.44. The van der Waals surface area contributed by atoms with Gasteiger partial charge in [0.2, 0.25) is 0 Å². The van der Waals surface area contributed by atoms with E-state index in [4.69, 9.17) is 0 Å². The molecule has 2 atom stereocenters. The fourth-order valence-electron chi connectivity index (χ4n) is 2.63. The van der Waals surface area contributed by atoms with Crippen molar-refractivity contribution in [2.75, 3.05) is 0 Å². The predicted octanol–water partition coefficient (Wildman–Crippen LogP) is 3.01. The van der Waals surface area contributed by atoms with Gasteiger partial charge in [0, 0.05) is 24.0 Å². The van der Waals surface area contributed by atoms with Gasteiger partial charge >= 0.3 is 0 Å². The van der Waals surface area contributed by atoms with E-state index in [0.717, 1.165) is 12.1 Å². The highest BCUT2D eigenvalue weighted by Crippen LogP contribution is 2.34. The van der Waals surface area contributed by atoms with E-state index in [0.29, 0.717) is 11.8 Å². The molecular weight excluding hydrogens is 196 g/mol. The normalized spacial score (nSPS) is 27.0. The van der Waals surface area contributed by atoms with Crippen molar-refractivity contribution >= 4 is 12.3 Å². The molecule has 0 bridgehead atoms. The topological polar surface area (TPSA) is 25.2 Å². The number of pyridine rings is 1. The minimum Gasteiger partial charge on any atom is -0.265 e. The molecule has 0 fully saturated rings. The molecule has 0 radical (unpaired) electrons. The zero-order valence-electron chi connectivity index (χ0n) is 9.77. The van der Waals surface area contributed by atoms with Crippen LogP contribution in [0.25, 0.3) is 6.08 Å². The molecule has 2 heterocycles. The van der Waals surface area contributed by atoms with Crippen LogP contribution in [-0.4, -0.2) is 11.2 Å². The van der Waals surface area contributed by atoms with Crippen LogP contribution in [0.2, 0.25) is 0 Å². The van der Waals surface area contributed by atoms with E-state index in [1.54, 1.807) is 0 Å². The summed E-state index contributed by atoms with van der Waals surface area (Å²) in [5.41, 5.74) is 4.98.